The van der Waals surface area contributed by atoms with Crippen LogP contribution >= 0.6 is 0 Å². The van der Waals surface area contributed by atoms with Crippen LogP contribution in [0.3, 0.4) is 0 Å². The van der Waals surface area contributed by atoms with Crippen molar-refractivity contribution in [2.24, 2.45) is 0 Å². The van der Waals surface area contributed by atoms with Crippen LogP contribution in [0.1, 0.15) is 53.4 Å². The van der Waals surface area contributed by atoms with Crippen LogP contribution in [0, 0.1) is 0 Å². The van der Waals surface area contributed by atoms with Gasteiger partial charge in [-0.3, -0.25) is 9.59 Å². The highest BCUT2D eigenvalue weighted by atomic mass is 16.2. The summed E-state index contributed by atoms with van der Waals surface area (Å²) in [5.41, 5.74) is 0. The first-order valence-corrected chi connectivity index (χ1v) is 6.56. The summed E-state index contributed by atoms with van der Waals surface area (Å²) in [6.45, 7) is 8.87. The van der Waals surface area contributed by atoms with Crippen molar-refractivity contribution in [3.63, 3.8) is 0 Å². The third kappa shape index (κ3) is 6.97. The van der Waals surface area contributed by atoms with E-state index >= 15 is 0 Å². The van der Waals surface area contributed by atoms with Crippen molar-refractivity contribution in [1.29, 1.82) is 0 Å². The fourth-order valence-electron chi connectivity index (χ4n) is 1.65. The van der Waals surface area contributed by atoms with Crippen LogP contribution in [0.25, 0.3) is 0 Å². The quantitative estimate of drug-likeness (QED) is 0.707. The molecule has 0 radical (unpaired) electrons. The second kappa shape index (κ2) is 9.02. The fraction of sp³-hybridized carbons (Fsp3) is 0.846. The molecule has 0 saturated carbocycles. The Labute approximate surface area is 105 Å². The molecule has 2 amide bonds. The number of carbonyl (C=O) groups excluding carboxylic acids is 2. The molecule has 0 rings (SSSR count). The van der Waals surface area contributed by atoms with Crippen LogP contribution in [0.15, 0.2) is 0 Å². The van der Waals surface area contributed by atoms with E-state index in [9.17, 15) is 9.59 Å². The van der Waals surface area contributed by atoms with Gasteiger partial charge in [0.1, 0.15) is 0 Å². The SMILES string of the molecule is CCCCC(=O)NCCN(C(C)=O)C(C)CC. The highest BCUT2D eigenvalue weighted by Crippen LogP contribution is 2.02. The van der Waals surface area contributed by atoms with Crippen molar-refractivity contribution >= 4 is 11.8 Å². The van der Waals surface area contributed by atoms with E-state index in [1.165, 1.54) is 0 Å². The molecular formula is C13H26N2O2. The molecule has 0 aromatic heterocycles. The minimum Gasteiger partial charge on any atom is -0.354 e. The molecule has 4 heteroatoms. The zero-order chi connectivity index (χ0) is 13.3. The van der Waals surface area contributed by atoms with Gasteiger partial charge >= 0.3 is 0 Å². The summed E-state index contributed by atoms with van der Waals surface area (Å²) in [5.74, 6) is 0.154. The third-order valence-electron chi connectivity index (χ3n) is 2.96. The monoisotopic (exact) mass is 242 g/mol. The Morgan fingerprint density at radius 3 is 2.41 bits per heavy atom. The summed E-state index contributed by atoms with van der Waals surface area (Å²) in [6, 6.07) is 0.236. The number of carbonyl (C=O) groups is 2. The van der Waals surface area contributed by atoms with Gasteiger partial charge in [-0.25, -0.2) is 0 Å². The Kier molecular flexibility index (Phi) is 8.46. The Bertz CT molecular complexity index is 242. The van der Waals surface area contributed by atoms with E-state index in [2.05, 4.69) is 19.2 Å². The number of amides is 2. The van der Waals surface area contributed by atoms with Crippen molar-refractivity contribution in [2.75, 3.05) is 13.1 Å². The molecule has 17 heavy (non-hydrogen) atoms. The topological polar surface area (TPSA) is 49.4 Å². The van der Waals surface area contributed by atoms with Crippen molar-refractivity contribution in [2.45, 2.75) is 59.4 Å². The molecule has 0 aliphatic rings. The van der Waals surface area contributed by atoms with Gasteiger partial charge in [-0.1, -0.05) is 20.3 Å². The summed E-state index contributed by atoms with van der Waals surface area (Å²) in [6.07, 6.45) is 3.47. The third-order valence-corrected chi connectivity index (χ3v) is 2.96. The van der Waals surface area contributed by atoms with Crippen molar-refractivity contribution in [1.82, 2.24) is 10.2 Å². The smallest absolute Gasteiger partial charge is 0.220 e. The zero-order valence-electron chi connectivity index (χ0n) is 11.6. The molecule has 4 nitrogen and oxygen atoms in total. The van der Waals surface area contributed by atoms with E-state index in [1.807, 2.05) is 6.92 Å². The summed E-state index contributed by atoms with van der Waals surface area (Å²) in [7, 11) is 0. The van der Waals surface area contributed by atoms with E-state index in [0.29, 0.717) is 19.5 Å². The summed E-state index contributed by atoms with van der Waals surface area (Å²) < 4.78 is 0. The van der Waals surface area contributed by atoms with E-state index < -0.39 is 0 Å². The summed E-state index contributed by atoms with van der Waals surface area (Å²) >= 11 is 0. The Morgan fingerprint density at radius 2 is 1.94 bits per heavy atom. The lowest BCUT2D eigenvalue weighted by Gasteiger charge is -2.27. The van der Waals surface area contributed by atoms with Gasteiger partial charge in [0, 0.05) is 32.5 Å². The van der Waals surface area contributed by atoms with Crippen molar-refractivity contribution < 1.29 is 9.59 Å². The van der Waals surface area contributed by atoms with Crippen molar-refractivity contribution in [3.05, 3.63) is 0 Å². The number of nitrogens with zero attached hydrogens (tertiary/aromatic N) is 1. The number of unbranched alkanes of at least 4 members (excludes halogenated alkanes) is 1. The maximum absolute atomic E-state index is 11.4. The predicted octanol–water partition coefficient (Wildman–Crippen LogP) is 1.94. The van der Waals surface area contributed by atoms with Gasteiger partial charge in [0.15, 0.2) is 0 Å². The molecule has 0 aliphatic heterocycles. The first-order valence-electron chi connectivity index (χ1n) is 6.56. The van der Waals surface area contributed by atoms with Crippen LogP contribution in [-0.2, 0) is 9.59 Å². The average Bonchev–Trinajstić information content (AvgIpc) is 2.30. The summed E-state index contributed by atoms with van der Waals surface area (Å²) in [5, 5.41) is 2.85. The van der Waals surface area contributed by atoms with Gasteiger partial charge in [-0.2, -0.15) is 0 Å². The van der Waals surface area contributed by atoms with Gasteiger partial charge in [0.05, 0.1) is 0 Å². The maximum Gasteiger partial charge on any atom is 0.220 e. The predicted molar refractivity (Wildman–Crippen MR) is 69.7 cm³/mol. The van der Waals surface area contributed by atoms with Gasteiger partial charge in [-0.05, 0) is 19.8 Å². The molecule has 0 aromatic carbocycles. The molecule has 0 aliphatic carbocycles. The number of nitrogens with one attached hydrogen (secondary N) is 1. The lowest BCUT2D eigenvalue weighted by Crippen LogP contribution is -2.42. The number of rotatable bonds is 8. The standard InChI is InChI=1S/C13H26N2O2/c1-5-7-8-13(17)14-9-10-15(12(4)16)11(3)6-2/h11H,5-10H2,1-4H3,(H,14,17). The van der Waals surface area contributed by atoms with Crippen LogP contribution in [0.4, 0.5) is 0 Å². The first kappa shape index (κ1) is 15.9. The van der Waals surface area contributed by atoms with Crippen LogP contribution < -0.4 is 5.32 Å². The number of hydrogen-bond acceptors (Lipinski definition) is 2. The molecule has 0 spiro atoms. The Hall–Kier alpha value is -1.06. The molecule has 0 saturated heterocycles. The minimum absolute atomic E-state index is 0.0714. The van der Waals surface area contributed by atoms with Gasteiger partial charge in [0.2, 0.25) is 11.8 Å². The largest absolute Gasteiger partial charge is 0.354 e. The Balaban J connectivity index is 3.90. The minimum atomic E-state index is 0.0714. The molecule has 0 fully saturated rings. The van der Waals surface area contributed by atoms with E-state index in [0.717, 1.165) is 19.3 Å². The molecule has 100 valence electrons. The lowest BCUT2D eigenvalue weighted by atomic mass is 10.2. The second-order valence-electron chi connectivity index (χ2n) is 4.42. The second-order valence-corrected chi connectivity index (χ2v) is 4.42. The molecule has 1 unspecified atom stereocenters. The molecule has 0 bridgehead atoms. The van der Waals surface area contributed by atoms with E-state index in [1.54, 1.807) is 11.8 Å². The fourth-order valence-corrected chi connectivity index (χ4v) is 1.65. The van der Waals surface area contributed by atoms with Gasteiger partial charge in [0.25, 0.3) is 0 Å². The molecule has 0 aromatic rings. The molecule has 1 N–H and O–H groups in total. The zero-order valence-corrected chi connectivity index (χ0v) is 11.6. The maximum atomic E-state index is 11.4. The lowest BCUT2D eigenvalue weighted by molar-refractivity contribution is -0.131. The number of hydrogen-bond donors (Lipinski definition) is 1. The highest BCUT2D eigenvalue weighted by molar-refractivity contribution is 5.76. The van der Waals surface area contributed by atoms with E-state index in [4.69, 9.17) is 0 Å². The molecule has 0 heterocycles. The van der Waals surface area contributed by atoms with Crippen molar-refractivity contribution in [3.8, 4) is 0 Å². The summed E-state index contributed by atoms with van der Waals surface area (Å²) in [4.78, 5) is 24.6. The van der Waals surface area contributed by atoms with Crippen LogP contribution in [0.2, 0.25) is 0 Å². The van der Waals surface area contributed by atoms with E-state index in [-0.39, 0.29) is 17.9 Å². The normalized spacial score (nSPS) is 12.0. The molecular weight excluding hydrogens is 216 g/mol. The van der Waals surface area contributed by atoms with Crippen LogP contribution in [-0.4, -0.2) is 35.8 Å². The highest BCUT2D eigenvalue weighted by Gasteiger charge is 2.14. The van der Waals surface area contributed by atoms with Gasteiger partial charge < -0.3 is 10.2 Å². The van der Waals surface area contributed by atoms with Crippen LogP contribution in [0.5, 0.6) is 0 Å². The van der Waals surface area contributed by atoms with Gasteiger partial charge in [-0.15, -0.1) is 0 Å². The molecule has 1 atom stereocenters. The first-order chi connectivity index (χ1) is 8.02. The Morgan fingerprint density at radius 1 is 1.29 bits per heavy atom. The average molecular weight is 242 g/mol.